The van der Waals surface area contributed by atoms with Gasteiger partial charge in [-0.1, -0.05) is 0 Å². The Balaban J connectivity index is 2.19. The van der Waals surface area contributed by atoms with Crippen molar-refractivity contribution >= 4 is 29.2 Å². The van der Waals surface area contributed by atoms with Crippen LogP contribution in [-0.2, 0) is 0 Å². The second-order valence-corrected chi connectivity index (χ2v) is 6.40. The first kappa shape index (κ1) is 21.5. The van der Waals surface area contributed by atoms with E-state index in [2.05, 4.69) is 16.0 Å². The number of primary amides is 1. The van der Waals surface area contributed by atoms with Crippen LogP contribution in [0, 0.1) is 0 Å². The van der Waals surface area contributed by atoms with Crippen LogP contribution in [0.1, 0.15) is 34.6 Å². The molecule has 0 fully saturated rings. The van der Waals surface area contributed by atoms with Gasteiger partial charge in [0, 0.05) is 23.4 Å². The molecule has 2 aromatic carbocycles. The Hall–Kier alpha value is -3.75. The molecule has 0 heterocycles. The van der Waals surface area contributed by atoms with Crippen molar-refractivity contribution in [3.8, 4) is 11.5 Å². The van der Waals surface area contributed by atoms with Gasteiger partial charge in [0.1, 0.15) is 0 Å². The summed E-state index contributed by atoms with van der Waals surface area (Å²) in [5, 5.41) is 8.02. The van der Waals surface area contributed by atoms with Crippen LogP contribution in [0.3, 0.4) is 0 Å². The van der Waals surface area contributed by atoms with Crippen molar-refractivity contribution in [3.05, 3.63) is 47.5 Å². The van der Waals surface area contributed by atoms with Crippen LogP contribution in [0.4, 0.5) is 16.2 Å². The monoisotopic (exact) mass is 400 g/mol. The van der Waals surface area contributed by atoms with Crippen LogP contribution < -0.4 is 31.2 Å². The Kier molecular flexibility index (Phi) is 7.02. The SMILES string of the molecule is COc1cc(NC(=O)c2ccc(NC(=O)NC(C)C)cc2)c(C(N)=O)cc1OC. The molecule has 0 aliphatic rings. The fraction of sp³-hybridized carbons (Fsp3) is 0.250. The molecule has 9 heteroatoms. The van der Waals surface area contributed by atoms with Gasteiger partial charge in [0.15, 0.2) is 11.5 Å². The van der Waals surface area contributed by atoms with Crippen LogP contribution >= 0.6 is 0 Å². The predicted molar refractivity (Wildman–Crippen MR) is 110 cm³/mol. The number of carbonyl (C=O) groups is 3. The molecule has 0 aliphatic heterocycles. The average molecular weight is 400 g/mol. The molecule has 0 spiro atoms. The number of nitrogens with one attached hydrogen (secondary N) is 3. The summed E-state index contributed by atoms with van der Waals surface area (Å²) in [6.07, 6.45) is 0. The van der Waals surface area contributed by atoms with Gasteiger partial charge in [-0.05, 0) is 44.2 Å². The molecule has 0 saturated carbocycles. The highest BCUT2D eigenvalue weighted by molar-refractivity contribution is 6.09. The highest BCUT2D eigenvalue weighted by atomic mass is 16.5. The summed E-state index contributed by atoms with van der Waals surface area (Å²) >= 11 is 0. The number of hydrogen-bond acceptors (Lipinski definition) is 5. The number of hydrogen-bond donors (Lipinski definition) is 4. The molecule has 0 unspecified atom stereocenters. The van der Waals surface area contributed by atoms with Crippen molar-refractivity contribution in [2.75, 3.05) is 24.9 Å². The summed E-state index contributed by atoms with van der Waals surface area (Å²) in [6.45, 7) is 3.70. The lowest BCUT2D eigenvalue weighted by Gasteiger charge is -2.14. The standard InChI is InChI=1S/C20H24N4O5/c1-11(2)22-20(27)23-13-7-5-12(6-8-13)19(26)24-15-10-17(29-4)16(28-3)9-14(15)18(21)25/h5-11H,1-4H3,(H2,21,25)(H,24,26)(H2,22,23,27). The molecule has 0 atom stereocenters. The normalized spacial score (nSPS) is 10.2. The lowest BCUT2D eigenvalue weighted by Crippen LogP contribution is -2.34. The third kappa shape index (κ3) is 5.61. The topological polar surface area (TPSA) is 132 Å². The zero-order valence-electron chi connectivity index (χ0n) is 16.7. The first-order chi connectivity index (χ1) is 13.7. The summed E-state index contributed by atoms with van der Waals surface area (Å²) < 4.78 is 10.4. The second kappa shape index (κ2) is 9.45. The average Bonchev–Trinajstić information content (AvgIpc) is 2.67. The van der Waals surface area contributed by atoms with Gasteiger partial charge in [0.2, 0.25) is 0 Å². The smallest absolute Gasteiger partial charge is 0.319 e. The molecule has 0 saturated heterocycles. The van der Waals surface area contributed by atoms with E-state index in [1.807, 2.05) is 13.8 Å². The molecule has 0 aliphatic carbocycles. The summed E-state index contributed by atoms with van der Waals surface area (Å²) in [5.41, 5.74) is 6.54. The molecule has 9 nitrogen and oxygen atoms in total. The van der Waals surface area contributed by atoms with E-state index in [1.54, 1.807) is 24.3 Å². The van der Waals surface area contributed by atoms with Crippen LogP contribution in [-0.4, -0.2) is 38.1 Å². The minimum atomic E-state index is -0.725. The first-order valence-electron chi connectivity index (χ1n) is 8.80. The predicted octanol–water partition coefficient (Wildman–Crippen LogP) is 2.58. The van der Waals surface area contributed by atoms with E-state index in [9.17, 15) is 14.4 Å². The summed E-state index contributed by atoms with van der Waals surface area (Å²) in [6, 6.07) is 8.81. The molecule has 2 aromatic rings. The lowest BCUT2D eigenvalue weighted by atomic mass is 10.1. The highest BCUT2D eigenvalue weighted by Gasteiger charge is 2.17. The second-order valence-electron chi connectivity index (χ2n) is 6.40. The maximum atomic E-state index is 12.6. The maximum absolute atomic E-state index is 12.6. The summed E-state index contributed by atoms with van der Waals surface area (Å²) in [7, 11) is 2.87. The molecule has 0 radical (unpaired) electrons. The van der Waals surface area contributed by atoms with Crippen LogP contribution in [0.25, 0.3) is 0 Å². The zero-order chi connectivity index (χ0) is 21.6. The number of rotatable bonds is 7. The van der Waals surface area contributed by atoms with Crippen LogP contribution in [0.2, 0.25) is 0 Å². The summed E-state index contributed by atoms with van der Waals surface area (Å²) in [5.74, 6) is -0.534. The Labute approximate surface area is 168 Å². The van der Waals surface area contributed by atoms with Gasteiger partial charge in [-0.25, -0.2) is 4.79 Å². The molecule has 0 bridgehead atoms. The highest BCUT2D eigenvalue weighted by Crippen LogP contribution is 2.33. The Morgan fingerprint density at radius 1 is 0.931 bits per heavy atom. The van der Waals surface area contributed by atoms with Crippen molar-refractivity contribution in [3.63, 3.8) is 0 Å². The van der Waals surface area contributed by atoms with Gasteiger partial charge in [-0.2, -0.15) is 0 Å². The Morgan fingerprint density at radius 3 is 2.03 bits per heavy atom. The molecule has 0 aromatic heterocycles. The maximum Gasteiger partial charge on any atom is 0.319 e. The molecule has 5 N–H and O–H groups in total. The zero-order valence-corrected chi connectivity index (χ0v) is 16.7. The van der Waals surface area contributed by atoms with E-state index in [0.717, 1.165) is 0 Å². The minimum Gasteiger partial charge on any atom is -0.493 e. The van der Waals surface area contributed by atoms with E-state index in [4.69, 9.17) is 15.2 Å². The lowest BCUT2D eigenvalue weighted by molar-refractivity contribution is 0.100. The quantitative estimate of drug-likeness (QED) is 0.567. The number of ether oxygens (including phenoxy) is 2. The van der Waals surface area contributed by atoms with Crippen molar-refractivity contribution in [1.29, 1.82) is 0 Å². The fourth-order valence-corrected chi connectivity index (χ4v) is 2.52. The third-order valence-corrected chi connectivity index (χ3v) is 3.86. The van der Waals surface area contributed by atoms with Crippen LogP contribution in [0.5, 0.6) is 11.5 Å². The van der Waals surface area contributed by atoms with E-state index >= 15 is 0 Å². The van der Waals surface area contributed by atoms with Crippen molar-refractivity contribution in [2.24, 2.45) is 5.73 Å². The largest absolute Gasteiger partial charge is 0.493 e. The number of anilines is 2. The van der Waals surface area contributed by atoms with Gasteiger partial charge in [0.05, 0.1) is 25.5 Å². The van der Waals surface area contributed by atoms with E-state index < -0.39 is 11.8 Å². The van der Waals surface area contributed by atoms with Gasteiger partial charge in [0.25, 0.3) is 11.8 Å². The fourth-order valence-electron chi connectivity index (χ4n) is 2.52. The van der Waals surface area contributed by atoms with Crippen LogP contribution in [0.15, 0.2) is 36.4 Å². The van der Waals surface area contributed by atoms with Gasteiger partial charge < -0.3 is 31.2 Å². The molecule has 29 heavy (non-hydrogen) atoms. The van der Waals surface area contributed by atoms with E-state index in [-0.39, 0.29) is 23.3 Å². The molecule has 2 rings (SSSR count). The number of benzene rings is 2. The number of amides is 4. The molecule has 4 amide bonds. The van der Waals surface area contributed by atoms with Crippen molar-refractivity contribution in [1.82, 2.24) is 5.32 Å². The van der Waals surface area contributed by atoms with Crippen molar-refractivity contribution in [2.45, 2.75) is 19.9 Å². The van der Waals surface area contributed by atoms with Gasteiger partial charge >= 0.3 is 6.03 Å². The molecular weight excluding hydrogens is 376 g/mol. The van der Waals surface area contributed by atoms with Gasteiger partial charge in [-0.3, -0.25) is 9.59 Å². The molecular formula is C20H24N4O5. The third-order valence-electron chi connectivity index (χ3n) is 3.86. The van der Waals surface area contributed by atoms with E-state index in [1.165, 1.54) is 26.4 Å². The van der Waals surface area contributed by atoms with E-state index in [0.29, 0.717) is 22.7 Å². The van der Waals surface area contributed by atoms with Crippen molar-refractivity contribution < 1.29 is 23.9 Å². The molecule has 154 valence electrons. The minimum absolute atomic E-state index is 0.000917. The first-order valence-corrected chi connectivity index (χ1v) is 8.80. The number of urea groups is 1. The van der Waals surface area contributed by atoms with Gasteiger partial charge in [-0.15, -0.1) is 0 Å². The Morgan fingerprint density at radius 2 is 1.52 bits per heavy atom. The number of methoxy groups -OCH3 is 2. The Bertz CT molecular complexity index is 910. The number of nitrogens with two attached hydrogens (primary N) is 1. The summed E-state index contributed by atoms with van der Waals surface area (Å²) in [4.78, 5) is 36.1. The number of carbonyl (C=O) groups excluding carboxylic acids is 3.